The number of hydrogen-bond donors (Lipinski definition) is 1. The van der Waals surface area contributed by atoms with Gasteiger partial charge in [0.1, 0.15) is 0 Å². The van der Waals surface area contributed by atoms with E-state index in [1.165, 1.54) is 0 Å². The van der Waals surface area contributed by atoms with Gasteiger partial charge in [0.15, 0.2) is 0 Å². The van der Waals surface area contributed by atoms with Gasteiger partial charge in [-0.25, -0.2) is 0 Å². The molecule has 2 nitrogen and oxygen atoms in total. The van der Waals surface area contributed by atoms with E-state index >= 15 is 0 Å². The Kier molecular flexibility index (Phi) is 3.01. The molecule has 0 heterocycles. The highest BCUT2D eigenvalue weighted by Gasteiger charge is 2.39. The van der Waals surface area contributed by atoms with Crippen molar-refractivity contribution in [2.24, 2.45) is 11.7 Å². The van der Waals surface area contributed by atoms with Crippen LogP contribution < -0.4 is 5.73 Å². The lowest BCUT2D eigenvalue weighted by Crippen LogP contribution is -2.39. The molecule has 0 saturated heterocycles. The molecule has 1 fully saturated rings. The second kappa shape index (κ2) is 3.66. The normalized spacial score (nSPS) is 36.2. The fraction of sp³-hybridized carbons (Fsp3) is 1.00. The average Bonchev–Trinajstić information content (AvgIpc) is 2.32. The molecule has 72 valence electrons. The standard InChI is InChI=1S/C8H15F2NO/c1-6-2-3-8(4-6,5-11)12-7(9)10/h6-7H,2-5,11H2,1H3. The molecule has 2 unspecified atom stereocenters. The SMILES string of the molecule is CC1CCC(CN)(OC(F)F)C1. The van der Waals surface area contributed by atoms with Gasteiger partial charge in [-0.05, 0) is 25.2 Å². The zero-order valence-electron chi connectivity index (χ0n) is 7.22. The summed E-state index contributed by atoms with van der Waals surface area (Å²) >= 11 is 0. The highest BCUT2D eigenvalue weighted by Crippen LogP contribution is 2.37. The van der Waals surface area contributed by atoms with Gasteiger partial charge in [-0.1, -0.05) is 6.92 Å². The first kappa shape index (κ1) is 9.86. The van der Waals surface area contributed by atoms with E-state index in [4.69, 9.17) is 5.73 Å². The summed E-state index contributed by atoms with van der Waals surface area (Å²) in [5, 5.41) is 0. The van der Waals surface area contributed by atoms with Crippen LogP contribution in [0.25, 0.3) is 0 Å². The predicted molar refractivity (Wildman–Crippen MR) is 41.9 cm³/mol. The van der Waals surface area contributed by atoms with E-state index in [-0.39, 0.29) is 6.54 Å². The van der Waals surface area contributed by atoms with Crippen LogP contribution in [0.5, 0.6) is 0 Å². The van der Waals surface area contributed by atoms with Crippen molar-refractivity contribution in [1.82, 2.24) is 0 Å². The Balaban J connectivity index is 2.52. The molecule has 0 aromatic heterocycles. The molecule has 0 aliphatic heterocycles. The van der Waals surface area contributed by atoms with Crippen LogP contribution in [0.3, 0.4) is 0 Å². The van der Waals surface area contributed by atoms with E-state index in [2.05, 4.69) is 4.74 Å². The fourth-order valence-electron chi connectivity index (χ4n) is 1.88. The van der Waals surface area contributed by atoms with Crippen LogP contribution in [0, 0.1) is 5.92 Å². The molecular formula is C8H15F2NO. The topological polar surface area (TPSA) is 35.2 Å². The third-order valence-electron chi connectivity index (χ3n) is 2.52. The second-order valence-electron chi connectivity index (χ2n) is 3.61. The van der Waals surface area contributed by atoms with Gasteiger partial charge in [0.05, 0.1) is 5.60 Å². The second-order valence-corrected chi connectivity index (χ2v) is 3.61. The third-order valence-corrected chi connectivity index (χ3v) is 2.52. The average molecular weight is 179 g/mol. The first-order chi connectivity index (χ1) is 5.58. The molecule has 1 rings (SSSR count). The van der Waals surface area contributed by atoms with Crippen LogP contribution >= 0.6 is 0 Å². The van der Waals surface area contributed by atoms with Gasteiger partial charge < -0.3 is 10.5 Å². The molecule has 0 spiro atoms. The van der Waals surface area contributed by atoms with E-state index in [1.807, 2.05) is 6.92 Å². The number of hydrogen-bond acceptors (Lipinski definition) is 2. The highest BCUT2D eigenvalue weighted by molar-refractivity contribution is 4.90. The Hall–Kier alpha value is -0.220. The minimum atomic E-state index is -2.70. The molecule has 4 heteroatoms. The number of alkyl halides is 2. The summed E-state index contributed by atoms with van der Waals surface area (Å²) in [5.41, 5.74) is 4.68. The summed E-state index contributed by atoms with van der Waals surface area (Å²) in [6, 6.07) is 0. The van der Waals surface area contributed by atoms with E-state index < -0.39 is 12.2 Å². The molecule has 1 saturated carbocycles. The van der Waals surface area contributed by atoms with Gasteiger partial charge in [0.2, 0.25) is 0 Å². The molecule has 2 atom stereocenters. The van der Waals surface area contributed by atoms with Crippen molar-refractivity contribution >= 4 is 0 Å². The van der Waals surface area contributed by atoms with Gasteiger partial charge in [0, 0.05) is 6.54 Å². The molecule has 12 heavy (non-hydrogen) atoms. The van der Waals surface area contributed by atoms with E-state index in [0.29, 0.717) is 18.8 Å². The molecule has 0 bridgehead atoms. The fourth-order valence-corrected chi connectivity index (χ4v) is 1.88. The lowest BCUT2D eigenvalue weighted by atomic mass is 10.0. The maximum atomic E-state index is 12.0. The van der Waals surface area contributed by atoms with Crippen molar-refractivity contribution in [2.45, 2.75) is 38.4 Å². The Morgan fingerprint density at radius 1 is 1.67 bits per heavy atom. The Morgan fingerprint density at radius 3 is 2.67 bits per heavy atom. The van der Waals surface area contributed by atoms with Gasteiger partial charge in [0.25, 0.3) is 0 Å². The highest BCUT2D eigenvalue weighted by atomic mass is 19.3. The van der Waals surface area contributed by atoms with Crippen LogP contribution in [-0.2, 0) is 4.74 Å². The van der Waals surface area contributed by atoms with Gasteiger partial charge >= 0.3 is 6.61 Å². The van der Waals surface area contributed by atoms with Crippen LogP contribution in [0.1, 0.15) is 26.2 Å². The summed E-state index contributed by atoms with van der Waals surface area (Å²) in [5.74, 6) is 0.451. The molecule has 0 aromatic carbocycles. The molecule has 1 aliphatic rings. The van der Waals surface area contributed by atoms with E-state index in [9.17, 15) is 8.78 Å². The smallest absolute Gasteiger partial charge is 0.328 e. The Morgan fingerprint density at radius 2 is 2.33 bits per heavy atom. The van der Waals surface area contributed by atoms with Crippen LogP contribution in [0.15, 0.2) is 0 Å². The third kappa shape index (κ3) is 2.14. The van der Waals surface area contributed by atoms with Crippen molar-refractivity contribution in [2.75, 3.05) is 6.54 Å². The Bertz CT molecular complexity index is 154. The van der Waals surface area contributed by atoms with Crippen molar-refractivity contribution in [1.29, 1.82) is 0 Å². The minimum absolute atomic E-state index is 0.196. The minimum Gasteiger partial charge on any atom is -0.328 e. The van der Waals surface area contributed by atoms with Crippen LogP contribution in [0.4, 0.5) is 8.78 Å². The molecule has 0 amide bonds. The summed E-state index contributed by atoms with van der Waals surface area (Å²) in [6.45, 7) is -0.465. The monoisotopic (exact) mass is 179 g/mol. The molecule has 0 aromatic rings. The van der Waals surface area contributed by atoms with E-state index in [1.54, 1.807) is 0 Å². The van der Waals surface area contributed by atoms with Crippen LogP contribution in [0.2, 0.25) is 0 Å². The summed E-state index contributed by atoms with van der Waals surface area (Å²) in [4.78, 5) is 0. The number of ether oxygens (including phenoxy) is 1. The lowest BCUT2D eigenvalue weighted by molar-refractivity contribution is -0.204. The van der Waals surface area contributed by atoms with Gasteiger partial charge in [-0.15, -0.1) is 0 Å². The maximum Gasteiger partial charge on any atom is 0.345 e. The van der Waals surface area contributed by atoms with Crippen LogP contribution in [-0.4, -0.2) is 18.8 Å². The van der Waals surface area contributed by atoms with Gasteiger partial charge in [-0.3, -0.25) is 0 Å². The number of nitrogens with two attached hydrogens (primary N) is 1. The molecule has 2 N–H and O–H groups in total. The van der Waals surface area contributed by atoms with Crippen molar-refractivity contribution in [3.63, 3.8) is 0 Å². The largest absolute Gasteiger partial charge is 0.345 e. The maximum absolute atomic E-state index is 12.0. The lowest BCUT2D eigenvalue weighted by Gasteiger charge is -2.27. The van der Waals surface area contributed by atoms with Gasteiger partial charge in [-0.2, -0.15) is 8.78 Å². The first-order valence-electron chi connectivity index (χ1n) is 4.24. The predicted octanol–water partition coefficient (Wildman–Crippen LogP) is 1.74. The number of halogens is 2. The molecule has 1 aliphatic carbocycles. The van der Waals surface area contributed by atoms with Crippen molar-refractivity contribution < 1.29 is 13.5 Å². The van der Waals surface area contributed by atoms with E-state index in [0.717, 1.165) is 6.42 Å². The first-order valence-corrected chi connectivity index (χ1v) is 4.24. The molecule has 0 radical (unpaired) electrons. The van der Waals surface area contributed by atoms with Crippen molar-refractivity contribution in [3.05, 3.63) is 0 Å². The summed E-state index contributed by atoms with van der Waals surface area (Å²) in [6.07, 6.45) is 2.26. The Labute approximate surface area is 71.1 Å². The molecular weight excluding hydrogens is 164 g/mol. The summed E-state index contributed by atoms with van der Waals surface area (Å²) < 4.78 is 28.5. The van der Waals surface area contributed by atoms with Crippen molar-refractivity contribution in [3.8, 4) is 0 Å². The summed E-state index contributed by atoms with van der Waals surface area (Å²) in [7, 11) is 0. The quantitative estimate of drug-likeness (QED) is 0.716. The zero-order valence-corrected chi connectivity index (χ0v) is 7.22. The number of rotatable bonds is 3. The zero-order chi connectivity index (χ0) is 9.19.